The van der Waals surface area contributed by atoms with Crippen LogP contribution in [0.4, 0.5) is 10.3 Å². The van der Waals surface area contributed by atoms with E-state index in [1.807, 2.05) is 4.90 Å². The highest BCUT2D eigenvalue weighted by Crippen LogP contribution is 2.36. The molecule has 0 amide bonds. The minimum Gasteiger partial charge on any atom is -0.490 e. The number of ether oxygens (including phenoxy) is 3. The molecule has 174 valence electrons. The number of piperidine rings is 1. The van der Waals surface area contributed by atoms with E-state index in [4.69, 9.17) is 18.7 Å². The van der Waals surface area contributed by atoms with E-state index >= 15 is 0 Å². The lowest BCUT2D eigenvalue weighted by molar-refractivity contribution is 0.0246. The first-order chi connectivity index (χ1) is 15.8. The van der Waals surface area contributed by atoms with E-state index in [2.05, 4.69) is 15.0 Å². The number of halogens is 1. The lowest BCUT2D eigenvalue weighted by atomic mass is 9.88. The van der Waals surface area contributed by atoms with Crippen molar-refractivity contribution in [3.8, 4) is 5.75 Å². The minimum absolute atomic E-state index is 0.151. The van der Waals surface area contributed by atoms with Crippen LogP contribution in [0.3, 0.4) is 0 Å². The molecule has 1 aromatic heterocycles. The van der Waals surface area contributed by atoms with Gasteiger partial charge in [0.25, 0.3) is 5.95 Å². The molecule has 1 atom stereocenters. The number of anilines is 1. The van der Waals surface area contributed by atoms with Crippen LogP contribution in [0.25, 0.3) is 0 Å². The molecule has 0 unspecified atom stereocenters. The first-order valence-corrected chi connectivity index (χ1v) is 11.6. The van der Waals surface area contributed by atoms with E-state index in [0.29, 0.717) is 31.2 Å². The van der Waals surface area contributed by atoms with Gasteiger partial charge in [-0.1, -0.05) is 0 Å². The second kappa shape index (κ2) is 10.1. The predicted octanol–water partition coefficient (Wildman–Crippen LogP) is 3.20. The number of rotatable bonds is 5. The van der Waals surface area contributed by atoms with Gasteiger partial charge in [0.2, 0.25) is 6.39 Å². The standard InChI is InChI=1S/C23H31FN4O4/c24-18-1-2-22(32-20-6-11-29-12-7-20)21(13-18)17-3-8-27(9-4-17)19-5-10-28(16-30-14-19)23-25-15-31-26-23/h1-2,13,15,17,19-20H,3-12,14,16H2/t19-/m0/s1. The van der Waals surface area contributed by atoms with Crippen LogP contribution >= 0.6 is 0 Å². The van der Waals surface area contributed by atoms with Gasteiger partial charge in [-0.05, 0) is 61.6 Å². The Bertz CT molecular complexity index is 854. The molecule has 0 radical (unpaired) electrons. The van der Waals surface area contributed by atoms with Crippen LogP contribution in [0.1, 0.15) is 43.6 Å². The minimum atomic E-state index is -0.194. The van der Waals surface area contributed by atoms with E-state index in [-0.39, 0.29) is 11.9 Å². The second-order valence-corrected chi connectivity index (χ2v) is 8.86. The molecule has 3 fully saturated rings. The summed E-state index contributed by atoms with van der Waals surface area (Å²) < 4.78 is 36.6. The first kappa shape index (κ1) is 21.6. The molecule has 3 aliphatic rings. The van der Waals surface area contributed by atoms with Crippen LogP contribution < -0.4 is 9.64 Å². The molecule has 5 rings (SSSR count). The van der Waals surface area contributed by atoms with Crippen molar-refractivity contribution in [3.05, 3.63) is 36.0 Å². The molecule has 3 aliphatic heterocycles. The van der Waals surface area contributed by atoms with Gasteiger partial charge in [0.1, 0.15) is 24.4 Å². The van der Waals surface area contributed by atoms with Crippen molar-refractivity contribution in [2.75, 3.05) is 51.1 Å². The fraction of sp³-hybridized carbons (Fsp3) is 0.652. The van der Waals surface area contributed by atoms with Crippen molar-refractivity contribution < 1.29 is 23.1 Å². The average molecular weight is 447 g/mol. The fourth-order valence-electron chi connectivity index (χ4n) is 5.00. The van der Waals surface area contributed by atoms with E-state index in [9.17, 15) is 4.39 Å². The van der Waals surface area contributed by atoms with E-state index in [1.54, 1.807) is 12.1 Å². The van der Waals surface area contributed by atoms with Crippen LogP contribution in [0.5, 0.6) is 5.75 Å². The van der Waals surface area contributed by atoms with Gasteiger partial charge >= 0.3 is 0 Å². The van der Waals surface area contributed by atoms with Crippen molar-refractivity contribution in [2.24, 2.45) is 0 Å². The largest absolute Gasteiger partial charge is 0.490 e. The molecule has 0 spiro atoms. The molecule has 9 heteroatoms. The summed E-state index contributed by atoms with van der Waals surface area (Å²) in [6.07, 6.45) is 6.22. The quantitative estimate of drug-likeness (QED) is 0.693. The fourth-order valence-corrected chi connectivity index (χ4v) is 5.00. The molecule has 1 aromatic carbocycles. The molecule has 0 saturated carbocycles. The van der Waals surface area contributed by atoms with Crippen LogP contribution in [-0.2, 0) is 9.47 Å². The molecular formula is C23H31FN4O4. The van der Waals surface area contributed by atoms with Gasteiger partial charge < -0.3 is 23.6 Å². The Morgan fingerprint density at radius 1 is 1.00 bits per heavy atom. The third-order valence-corrected chi connectivity index (χ3v) is 6.84. The number of hydrogen-bond acceptors (Lipinski definition) is 8. The molecular weight excluding hydrogens is 415 g/mol. The molecule has 4 heterocycles. The molecule has 8 nitrogen and oxygen atoms in total. The maximum absolute atomic E-state index is 14.1. The maximum atomic E-state index is 14.1. The third-order valence-electron chi connectivity index (χ3n) is 6.84. The number of aromatic nitrogens is 2. The summed E-state index contributed by atoms with van der Waals surface area (Å²) in [5.74, 6) is 1.53. The Balaban J connectivity index is 1.19. The van der Waals surface area contributed by atoms with Gasteiger partial charge in [-0.25, -0.2) is 4.39 Å². The highest BCUT2D eigenvalue weighted by molar-refractivity contribution is 5.37. The van der Waals surface area contributed by atoms with E-state index < -0.39 is 0 Å². The van der Waals surface area contributed by atoms with Gasteiger partial charge in [0.05, 0.1) is 19.8 Å². The zero-order chi connectivity index (χ0) is 21.8. The van der Waals surface area contributed by atoms with Gasteiger partial charge in [-0.15, -0.1) is 0 Å². The van der Waals surface area contributed by atoms with Crippen molar-refractivity contribution >= 4 is 5.95 Å². The molecule has 0 bridgehead atoms. The number of hydrogen-bond donors (Lipinski definition) is 0. The van der Waals surface area contributed by atoms with Crippen molar-refractivity contribution in [1.82, 2.24) is 15.0 Å². The Hall–Kier alpha value is -2.23. The normalized spacial score (nSPS) is 24.4. The summed E-state index contributed by atoms with van der Waals surface area (Å²) in [4.78, 5) is 8.64. The molecule has 2 aromatic rings. The SMILES string of the molecule is Fc1ccc(OC2CCOCC2)c(C2CCN([C@H]3CCN(c4ncon4)COC3)CC2)c1. The van der Waals surface area contributed by atoms with Crippen LogP contribution in [0.2, 0.25) is 0 Å². The van der Waals surface area contributed by atoms with Crippen LogP contribution in [0, 0.1) is 5.82 Å². The predicted molar refractivity (Wildman–Crippen MR) is 115 cm³/mol. The Morgan fingerprint density at radius 3 is 2.62 bits per heavy atom. The average Bonchev–Trinajstić information content (AvgIpc) is 3.26. The molecule has 0 N–H and O–H groups in total. The zero-order valence-electron chi connectivity index (χ0n) is 18.3. The number of nitrogens with zero attached hydrogens (tertiary/aromatic N) is 4. The second-order valence-electron chi connectivity index (χ2n) is 8.86. The van der Waals surface area contributed by atoms with E-state index in [1.165, 1.54) is 12.5 Å². The molecule has 3 saturated heterocycles. The summed E-state index contributed by atoms with van der Waals surface area (Å²) >= 11 is 0. The lowest BCUT2D eigenvalue weighted by Gasteiger charge is -2.37. The Kier molecular flexibility index (Phi) is 6.85. The summed E-state index contributed by atoms with van der Waals surface area (Å²) in [5, 5.41) is 3.92. The summed E-state index contributed by atoms with van der Waals surface area (Å²) in [6.45, 7) is 5.39. The molecule has 0 aliphatic carbocycles. The molecule has 32 heavy (non-hydrogen) atoms. The van der Waals surface area contributed by atoms with Crippen molar-refractivity contribution in [3.63, 3.8) is 0 Å². The number of benzene rings is 1. The summed E-state index contributed by atoms with van der Waals surface area (Å²) in [7, 11) is 0. The lowest BCUT2D eigenvalue weighted by Crippen LogP contribution is -2.43. The van der Waals surface area contributed by atoms with Gasteiger partial charge in [0.15, 0.2) is 0 Å². The summed E-state index contributed by atoms with van der Waals surface area (Å²) in [6, 6.07) is 5.34. The van der Waals surface area contributed by atoms with Gasteiger partial charge in [-0.2, -0.15) is 4.98 Å². The highest BCUT2D eigenvalue weighted by Gasteiger charge is 2.30. The van der Waals surface area contributed by atoms with Gasteiger partial charge in [0, 0.05) is 31.0 Å². The summed E-state index contributed by atoms with van der Waals surface area (Å²) in [5.41, 5.74) is 1.01. The first-order valence-electron chi connectivity index (χ1n) is 11.6. The maximum Gasteiger partial charge on any atom is 0.267 e. The van der Waals surface area contributed by atoms with Crippen molar-refractivity contribution in [2.45, 2.75) is 50.2 Å². The van der Waals surface area contributed by atoms with Gasteiger partial charge in [-0.3, -0.25) is 4.90 Å². The zero-order valence-corrected chi connectivity index (χ0v) is 18.3. The number of likely N-dealkylation sites (tertiary alicyclic amines) is 1. The highest BCUT2D eigenvalue weighted by atomic mass is 19.1. The Labute approximate surface area is 187 Å². The van der Waals surface area contributed by atoms with Crippen LogP contribution in [-0.4, -0.2) is 73.4 Å². The Morgan fingerprint density at radius 2 is 1.84 bits per heavy atom. The third kappa shape index (κ3) is 5.05. The monoisotopic (exact) mass is 446 g/mol. The van der Waals surface area contributed by atoms with E-state index in [0.717, 1.165) is 76.3 Å². The van der Waals surface area contributed by atoms with Crippen molar-refractivity contribution in [1.29, 1.82) is 0 Å². The topological polar surface area (TPSA) is 73.1 Å². The van der Waals surface area contributed by atoms with Crippen LogP contribution in [0.15, 0.2) is 29.1 Å². The smallest absolute Gasteiger partial charge is 0.267 e.